The molecule has 2 atom stereocenters. The first kappa shape index (κ1) is 19.5. The van der Waals surface area contributed by atoms with Gasteiger partial charge < -0.3 is 10.1 Å². The number of carbonyl (C=O) groups excluding carboxylic acids is 3. The fourth-order valence-electron chi connectivity index (χ4n) is 3.37. The number of carbonyl (C=O) groups is 3. The molecule has 1 heterocycles. The van der Waals surface area contributed by atoms with Crippen LogP contribution in [0.15, 0.2) is 29.1 Å². The minimum absolute atomic E-state index is 0.0285. The Kier molecular flexibility index (Phi) is 6.03. The molecule has 1 aromatic carbocycles. The SMILES string of the molecule is C[C@H]1CCCC[C@H]1NC(=O)NC(=O)COC(=O)c1n[nH]c(=O)c2ccccc12. The third-order valence-corrected chi connectivity index (χ3v) is 4.90. The summed E-state index contributed by atoms with van der Waals surface area (Å²) in [5.74, 6) is -1.26. The Bertz CT molecular complexity index is 955. The summed E-state index contributed by atoms with van der Waals surface area (Å²) in [7, 11) is 0. The van der Waals surface area contributed by atoms with Crippen molar-refractivity contribution in [3.63, 3.8) is 0 Å². The van der Waals surface area contributed by atoms with Crippen LogP contribution in [-0.2, 0) is 9.53 Å². The summed E-state index contributed by atoms with van der Waals surface area (Å²) in [6.45, 7) is 1.43. The van der Waals surface area contributed by atoms with Crippen molar-refractivity contribution < 1.29 is 19.1 Å². The number of H-pyrrole nitrogens is 1. The first-order valence-corrected chi connectivity index (χ1v) is 9.20. The maximum absolute atomic E-state index is 12.2. The van der Waals surface area contributed by atoms with Crippen LogP contribution in [0.4, 0.5) is 4.79 Å². The van der Waals surface area contributed by atoms with Crippen molar-refractivity contribution >= 4 is 28.7 Å². The van der Waals surface area contributed by atoms with Crippen molar-refractivity contribution in [3.8, 4) is 0 Å². The number of esters is 1. The normalized spacial score (nSPS) is 19.0. The number of rotatable bonds is 4. The van der Waals surface area contributed by atoms with E-state index in [1.807, 2.05) is 0 Å². The molecule has 1 saturated carbocycles. The molecule has 28 heavy (non-hydrogen) atoms. The molecule has 0 saturated heterocycles. The highest BCUT2D eigenvalue weighted by Gasteiger charge is 2.24. The highest BCUT2D eigenvalue weighted by Crippen LogP contribution is 2.23. The molecule has 3 rings (SSSR count). The smallest absolute Gasteiger partial charge is 0.359 e. The quantitative estimate of drug-likeness (QED) is 0.683. The highest BCUT2D eigenvalue weighted by molar-refractivity contribution is 6.03. The van der Waals surface area contributed by atoms with E-state index in [4.69, 9.17) is 4.74 Å². The van der Waals surface area contributed by atoms with Crippen LogP contribution in [0.3, 0.4) is 0 Å². The maximum Gasteiger partial charge on any atom is 0.359 e. The second-order valence-electron chi connectivity index (χ2n) is 6.91. The number of nitrogens with one attached hydrogen (secondary N) is 3. The number of fused-ring (bicyclic) bond motifs is 1. The number of amides is 3. The minimum Gasteiger partial charge on any atom is -0.451 e. The number of hydrogen-bond donors (Lipinski definition) is 3. The van der Waals surface area contributed by atoms with Crippen molar-refractivity contribution in [2.45, 2.75) is 38.6 Å². The highest BCUT2D eigenvalue weighted by atomic mass is 16.5. The third kappa shape index (κ3) is 4.54. The summed E-state index contributed by atoms with van der Waals surface area (Å²) in [4.78, 5) is 47.8. The van der Waals surface area contributed by atoms with Gasteiger partial charge in [0.2, 0.25) is 0 Å². The van der Waals surface area contributed by atoms with Crippen LogP contribution >= 0.6 is 0 Å². The number of ether oxygens (including phenoxy) is 1. The lowest BCUT2D eigenvalue weighted by molar-refractivity contribution is -0.123. The molecule has 1 fully saturated rings. The predicted molar refractivity (Wildman–Crippen MR) is 101 cm³/mol. The summed E-state index contributed by atoms with van der Waals surface area (Å²) in [5.41, 5.74) is -0.540. The van der Waals surface area contributed by atoms with Gasteiger partial charge in [0.05, 0.1) is 5.39 Å². The van der Waals surface area contributed by atoms with Gasteiger partial charge in [0.15, 0.2) is 12.3 Å². The van der Waals surface area contributed by atoms with E-state index in [1.165, 1.54) is 0 Å². The van der Waals surface area contributed by atoms with E-state index in [2.05, 4.69) is 27.8 Å². The molecule has 9 heteroatoms. The molecule has 9 nitrogen and oxygen atoms in total. The molecule has 3 amide bonds. The summed E-state index contributed by atoms with van der Waals surface area (Å²) in [5, 5.41) is 11.5. The van der Waals surface area contributed by atoms with Gasteiger partial charge in [-0.15, -0.1) is 0 Å². The van der Waals surface area contributed by atoms with E-state index < -0.39 is 30.1 Å². The second kappa shape index (κ2) is 8.64. The van der Waals surface area contributed by atoms with Crippen LogP contribution in [0.5, 0.6) is 0 Å². The maximum atomic E-state index is 12.2. The number of benzene rings is 1. The lowest BCUT2D eigenvalue weighted by Gasteiger charge is -2.29. The Morgan fingerprint density at radius 3 is 2.64 bits per heavy atom. The van der Waals surface area contributed by atoms with Crippen LogP contribution in [-0.4, -0.2) is 40.8 Å². The molecule has 3 N–H and O–H groups in total. The largest absolute Gasteiger partial charge is 0.451 e. The molecule has 1 aliphatic rings. The van der Waals surface area contributed by atoms with E-state index in [9.17, 15) is 19.2 Å². The monoisotopic (exact) mass is 386 g/mol. The lowest BCUT2D eigenvalue weighted by atomic mass is 9.86. The van der Waals surface area contributed by atoms with Gasteiger partial charge in [0, 0.05) is 11.4 Å². The Balaban J connectivity index is 1.55. The zero-order valence-electron chi connectivity index (χ0n) is 15.5. The van der Waals surface area contributed by atoms with E-state index in [0.717, 1.165) is 25.7 Å². The molecule has 1 aromatic heterocycles. The van der Waals surface area contributed by atoms with Gasteiger partial charge in [-0.25, -0.2) is 14.7 Å². The van der Waals surface area contributed by atoms with Crippen molar-refractivity contribution in [3.05, 3.63) is 40.3 Å². The van der Waals surface area contributed by atoms with Gasteiger partial charge >= 0.3 is 12.0 Å². The fraction of sp³-hybridized carbons (Fsp3) is 0.421. The Morgan fingerprint density at radius 1 is 1.18 bits per heavy atom. The molecular weight excluding hydrogens is 364 g/mol. The van der Waals surface area contributed by atoms with Gasteiger partial charge in [-0.2, -0.15) is 5.10 Å². The summed E-state index contributed by atoms with van der Waals surface area (Å²) >= 11 is 0. The van der Waals surface area contributed by atoms with Gasteiger partial charge in [0.1, 0.15) is 0 Å². The zero-order chi connectivity index (χ0) is 20.1. The average Bonchev–Trinajstić information content (AvgIpc) is 2.68. The first-order chi connectivity index (χ1) is 13.5. The molecular formula is C19H22N4O5. The van der Waals surface area contributed by atoms with E-state index >= 15 is 0 Å². The zero-order valence-corrected chi connectivity index (χ0v) is 15.5. The van der Waals surface area contributed by atoms with Crippen LogP contribution < -0.4 is 16.2 Å². The van der Waals surface area contributed by atoms with Gasteiger partial charge in [-0.05, 0) is 24.8 Å². The molecule has 0 spiro atoms. The molecule has 0 aliphatic heterocycles. The van der Waals surface area contributed by atoms with Crippen LogP contribution in [0.25, 0.3) is 10.8 Å². The van der Waals surface area contributed by atoms with Crippen LogP contribution in [0, 0.1) is 5.92 Å². The van der Waals surface area contributed by atoms with Gasteiger partial charge in [-0.1, -0.05) is 38.0 Å². The fourth-order valence-corrected chi connectivity index (χ4v) is 3.37. The van der Waals surface area contributed by atoms with E-state index in [1.54, 1.807) is 24.3 Å². The number of urea groups is 1. The molecule has 0 radical (unpaired) electrons. The number of nitrogens with zero attached hydrogens (tertiary/aromatic N) is 1. The Labute approximate surface area is 160 Å². The minimum atomic E-state index is -0.871. The Morgan fingerprint density at radius 2 is 1.89 bits per heavy atom. The molecule has 148 valence electrons. The summed E-state index contributed by atoms with van der Waals surface area (Å²) in [6.07, 6.45) is 4.10. The summed E-state index contributed by atoms with van der Waals surface area (Å²) < 4.78 is 4.93. The second-order valence-corrected chi connectivity index (χ2v) is 6.91. The number of aromatic amines is 1. The lowest BCUT2D eigenvalue weighted by Crippen LogP contribution is -2.48. The Hall–Kier alpha value is -3.23. The number of hydrogen-bond acceptors (Lipinski definition) is 6. The standard InChI is InChI=1S/C19H22N4O5/c1-11-6-2-5-9-14(11)20-19(27)21-15(24)10-28-18(26)16-12-7-3-4-8-13(12)17(25)23-22-16/h3-4,7-8,11,14H,2,5-6,9-10H2,1H3,(H,23,25)(H2,20,21,24,27)/t11-,14+/m0/s1. The molecule has 1 aliphatic carbocycles. The van der Waals surface area contributed by atoms with Crippen molar-refractivity contribution in [1.29, 1.82) is 0 Å². The van der Waals surface area contributed by atoms with Crippen molar-refractivity contribution in [2.75, 3.05) is 6.61 Å². The number of imide groups is 1. The summed E-state index contributed by atoms with van der Waals surface area (Å²) in [6, 6.07) is 5.85. The van der Waals surface area contributed by atoms with E-state index in [-0.39, 0.29) is 17.1 Å². The van der Waals surface area contributed by atoms with Gasteiger partial charge in [0.25, 0.3) is 11.5 Å². The molecule has 2 aromatic rings. The number of aromatic nitrogens is 2. The van der Waals surface area contributed by atoms with Crippen molar-refractivity contribution in [1.82, 2.24) is 20.8 Å². The van der Waals surface area contributed by atoms with Gasteiger partial charge in [-0.3, -0.25) is 14.9 Å². The van der Waals surface area contributed by atoms with Crippen molar-refractivity contribution in [2.24, 2.45) is 5.92 Å². The average molecular weight is 386 g/mol. The topological polar surface area (TPSA) is 130 Å². The predicted octanol–water partition coefficient (Wildman–Crippen LogP) is 1.48. The van der Waals surface area contributed by atoms with Crippen LogP contribution in [0.2, 0.25) is 0 Å². The molecule has 0 bridgehead atoms. The molecule has 0 unspecified atom stereocenters. The first-order valence-electron chi connectivity index (χ1n) is 9.20. The van der Waals surface area contributed by atoms with E-state index in [0.29, 0.717) is 11.3 Å². The third-order valence-electron chi connectivity index (χ3n) is 4.90. The van der Waals surface area contributed by atoms with Crippen LogP contribution in [0.1, 0.15) is 43.1 Å².